The van der Waals surface area contributed by atoms with E-state index in [0.717, 1.165) is 0 Å². The highest BCUT2D eigenvalue weighted by atomic mass is 19.3. The van der Waals surface area contributed by atoms with Gasteiger partial charge < -0.3 is 19.6 Å². The molecule has 0 bridgehead atoms. The van der Waals surface area contributed by atoms with Crippen LogP contribution in [0.4, 0.5) is 8.78 Å². The number of hydrogen-bond donors (Lipinski definition) is 1. The fraction of sp³-hybridized carbons (Fsp3) is 0.214. The Morgan fingerprint density at radius 1 is 1.19 bits per heavy atom. The molecule has 21 heavy (non-hydrogen) atoms. The molecule has 1 aromatic carbocycles. The van der Waals surface area contributed by atoms with Crippen molar-refractivity contribution in [2.45, 2.75) is 12.7 Å². The molecule has 0 aliphatic heterocycles. The normalized spacial score (nSPS) is 12.2. The number of hydrogen-bond acceptors (Lipinski definition) is 5. The van der Waals surface area contributed by atoms with E-state index < -0.39 is 18.6 Å². The molecule has 0 amide bonds. The molecule has 2 aromatic rings. The molecule has 1 aromatic heterocycles. The first-order chi connectivity index (χ1) is 10.0. The number of alkyl halides is 2. The number of esters is 1. The van der Waals surface area contributed by atoms with E-state index in [9.17, 15) is 13.6 Å². The second-order valence-electron chi connectivity index (χ2n) is 4.12. The van der Waals surface area contributed by atoms with Crippen LogP contribution in [0.15, 0.2) is 40.8 Å². The van der Waals surface area contributed by atoms with Crippen LogP contribution in [0.5, 0.6) is 5.75 Å². The van der Waals surface area contributed by atoms with E-state index >= 15 is 0 Å². The summed E-state index contributed by atoms with van der Waals surface area (Å²) in [5.74, 6) is -0.164. The lowest BCUT2D eigenvalue weighted by atomic mass is 10.1. The first-order valence-electron chi connectivity index (χ1n) is 5.99. The minimum Gasteiger partial charge on any atom is -0.463 e. The third-order valence-electron chi connectivity index (χ3n) is 2.78. The number of benzene rings is 1. The van der Waals surface area contributed by atoms with Crippen molar-refractivity contribution in [2.75, 3.05) is 7.11 Å². The van der Waals surface area contributed by atoms with Gasteiger partial charge in [-0.05, 0) is 29.8 Å². The first kappa shape index (κ1) is 15.0. The number of nitrogens with two attached hydrogens (primary N) is 1. The maximum absolute atomic E-state index is 12.1. The van der Waals surface area contributed by atoms with Gasteiger partial charge in [-0.1, -0.05) is 12.1 Å². The summed E-state index contributed by atoms with van der Waals surface area (Å²) < 4.78 is 38.2. The molecule has 0 spiro atoms. The smallest absolute Gasteiger partial charge is 0.387 e. The van der Waals surface area contributed by atoms with Crippen LogP contribution in [0.3, 0.4) is 0 Å². The summed E-state index contributed by atoms with van der Waals surface area (Å²) in [5, 5.41) is 0. The zero-order valence-corrected chi connectivity index (χ0v) is 11.1. The van der Waals surface area contributed by atoms with Crippen molar-refractivity contribution < 1.29 is 27.5 Å². The number of methoxy groups -OCH3 is 1. The first-order valence-corrected chi connectivity index (χ1v) is 5.99. The summed E-state index contributed by atoms with van der Waals surface area (Å²) in [6.45, 7) is -2.88. The fourth-order valence-electron chi connectivity index (χ4n) is 1.75. The molecule has 0 aliphatic carbocycles. The van der Waals surface area contributed by atoms with Crippen molar-refractivity contribution in [3.05, 3.63) is 53.5 Å². The van der Waals surface area contributed by atoms with E-state index in [1.54, 1.807) is 18.2 Å². The van der Waals surface area contributed by atoms with Gasteiger partial charge in [0.25, 0.3) is 0 Å². The molecule has 2 rings (SSSR count). The quantitative estimate of drug-likeness (QED) is 0.859. The average Bonchev–Trinajstić information content (AvgIpc) is 2.95. The second kappa shape index (κ2) is 6.36. The number of carbonyl (C=O) groups is 1. The monoisotopic (exact) mass is 297 g/mol. The van der Waals surface area contributed by atoms with Crippen molar-refractivity contribution in [1.29, 1.82) is 0 Å². The molecule has 112 valence electrons. The maximum Gasteiger partial charge on any atom is 0.387 e. The summed E-state index contributed by atoms with van der Waals surface area (Å²) in [7, 11) is 1.24. The van der Waals surface area contributed by atoms with Gasteiger partial charge in [-0.3, -0.25) is 0 Å². The Bertz CT molecular complexity index is 610. The predicted molar refractivity (Wildman–Crippen MR) is 69.2 cm³/mol. The van der Waals surface area contributed by atoms with Gasteiger partial charge in [0.15, 0.2) is 0 Å². The van der Waals surface area contributed by atoms with E-state index in [1.807, 2.05) is 0 Å². The number of ether oxygens (including phenoxy) is 2. The van der Waals surface area contributed by atoms with Crippen LogP contribution in [0.25, 0.3) is 0 Å². The number of rotatable bonds is 5. The highest BCUT2D eigenvalue weighted by molar-refractivity contribution is 5.86. The maximum atomic E-state index is 12.1. The van der Waals surface area contributed by atoms with Crippen molar-refractivity contribution in [3.63, 3.8) is 0 Å². The molecule has 7 heteroatoms. The lowest BCUT2D eigenvalue weighted by Gasteiger charge is -2.10. The third-order valence-corrected chi connectivity index (χ3v) is 2.78. The van der Waals surface area contributed by atoms with Crippen LogP contribution in [0.2, 0.25) is 0 Å². The van der Waals surface area contributed by atoms with E-state index in [4.69, 9.17) is 10.2 Å². The van der Waals surface area contributed by atoms with Gasteiger partial charge in [-0.15, -0.1) is 0 Å². The van der Waals surface area contributed by atoms with Gasteiger partial charge in [0.1, 0.15) is 11.5 Å². The molecular weight excluding hydrogens is 284 g/mol. The number of halogens is 2. The lowest BCUT2D eigenvalue weighted by Crippen LogP contribution is -2.11. The summed E-state index contributed by atoms with van der Waals surface area (Å²) in [6, 6.07) is 8.22. The molecule has 0 saturated carbocycles. The van der Waals surface area contributed by atoms with Gasteiger partial charge >= 0.3 is 12.6 Å². The number of furan rings is 1. The molecule has 0 aliphatic rings. The summed E-state index contributed by atoms with van der Waals surface area (Å²) in [6.07, 6.45) is 0. The van der Waals surface area contributed by atoms with Crippen LogP contribution >= 0.6 is 0 Å². The number of carbonyl (C=O) groups excluding carboxylic acids is 1. The minimum absolute atomic E-state index is 0.0376. The van der Waals surface area contributed by atoms with Gasteiger partial charge in [-0.2, -0.15) is 8.78 Å². The van der Waals surface area contributed by atoms with Crippen LogP contribution in [-0.4, -0.2) is 19.7 Å². The predicted octanol–water partition coefficient (Wildman–Crippen LogP) is 2.72. The highest BCUT2D eigenvalue weighted by Gasteiger charge is 2.17. The zero-order valence-electron chi connectivity index (χ0n) is 11.1. The van der Waals surface area contributed by atoms with Gasteiger partial charge in [0, 0.05) is 0 Å². The van der Waals surface area contributed by atoms with Crippen molar-refractivity contribution >= 4 is 5.97 Å². The Balaban J connectivity index is 2.14. The Hall–Kier alpha value is -2.41. The van der Waals surface area contributed by atoms with E-state index in [-0.39, 0.29) is 11.5 Å². The summed E-state index contributed by atoms with van der Waals surface area (Å²) in [5.41, 5.74) is 6.61. The van der Waals surface area contributed by atoms with Crippen molar-refractivity contribution in [2.24, 2.45) is 5.73 Å². The fourth-order valence-corrected chi connectivity index (χ4v) is 1.75. The summed E-state index contributed by atoms with van der Waals surface area (Å²) in [4.78, 5) is 11.3. The lowest BCUT2D eigenvalue weighted by molar-refractivity contribution is -0.0498. The van der Waals surface area contributed by atoms with Crippen LogP contribution < -0.4 is 10.5 Å². The Labute approximate surface area is 119 Å². The molecule has 0 fully saturated rings. The van der Waals surface area contributed by atoms with E-state index in [0.29, 0.717) is 11.3 Å². The topological polar surface area (TPSA) is 74.7 Å². The Morgan fingerprint density at radius 3 is 2.43 bits per heavy atom. The molecule has 1 unspecified atom stereocenters. The van der Waals surface area contributed by atoms with Gasteiger partial charge in [0.05, 0.1) is 13.2 Å². The average molecular weight is 297 g/mol. The van der Waals surface area contributed by atoms with Gasteiger partial charge in [-0.25, -0.2) is 4.79 Å². The van der Waals surface area contributed by atoms with Gasteiger partial charge in [0.2, 0.25) is 5.76 Å². The standard InChI is InChI=1S/C14H13F2NO4/c1-19-13(18)11-7-6-10(21-11)12(17)8-2-4-9(5-3-8)20-14(15)16/h2-7,12,14H,17H2,1H3. The van der Waals surface area contributed by atoms with E-state index in [1.165, 1.54) is 25.3 Å². The largest absolute Gasteiger partial charge is 0.463 e. The molecular formula is C14H13F2NO4. The molecule has 1 atom stereocenters. The Kier molecular flexibility index (Phi) is 4.54. The zero-order chi connectivity index (χ0) is 15.4. The van der Waals surface area contributed by atoms with E-state index in [2.05, 4.69) is 9.47 Å². The molecule has 1 heterocycles. The molecule has 2 N–H and O–H groups in total. The van der Waals surface area contributed by atoms with Crippen LogP contribution in [-0.2, 0) is 4.74 Å². The minimum atomic E-state index is -2.88. The van der Waals surface area contributed by atoms with Crippen LogP contribution in [0.1, 0.15) is 27.9 Å². The Morgan fingerprint density at radius 2 is 1.86 bits per heavy atom. The van der Waals surface area contributed by atoms with Crippen LogP contribution in [0, 0.1) is 0 Å². The van der Waals surface area contributed by atoms with Crippen molar-refractivity contribution in [3.8, 4) is 5.75 Å². The van der Waals surface area contributed by atoms with Crippen molar-refractivity contribution in [1.82, 2.24) is 0 Å². The highest BCUT2D eigenvalue weighted by Crippen LogP contribution is 2.24. The third kappa shape index (κ3) is 3.57. The molecule has 5 nitrogen and oxygen atoms in total. The molecule has 0 radical (unpaired) electrons. The SMILES string of the molecule is COC(=O)c1ccc(C(N)c2ccc(OC(F)F)cc2)o1. The summed E-state index contributed by atoms with van der Waals surface area (Å²) >= 11 is 0. The second-order valence-corrected chi connectivity index (χ2v) is 4.12. The molecule has 0 saturated heterocycles.